The first-order valence-electron chi connectivity index (χ1n) is 9.50. The van der Waals surface area contributed by atoms with Gasteiger partial charge in [0.1, 0.15) is 0 Å². The molecular formula is C20H22ClN3O4. The van der Waals surface area contributed by atoms with E-state index in [9.17, 15) is 19.8 Å². The summed E-state index contributed by atoms with van der Waals surface area (Å²) in [6.07, 6.45) is 2.97. The van der Waals surface area contributed by atoms with Crippen molar-refractivity contribution >= 4 is 34.5 Å². The van der Waals surface area contributed by atoms with Crippen LogP contribution in [0.2, 0.25) is 5.02 Å². The van der Waals surface area contributed by atoms with Crippen LogP contribution in [0.25, 0.3) is 10.9 Å². The van der Waals surface area contributed by atoms with Crippen LogP contribution in [0, 0.1) is 0 Å². The fraction of sp³-hybridized carbons (Fsp3) is 0.450. The highest BCUT2D eigenvalue weighted by Crippen LogP contribution is 2.33. The van der Waals surface area contributed by atoms with Crippen LogP contribution >= 0.6 is 11.6 Å². The molecule has 8 heteroatoms. The molecule has 0 spiro atoms. The summed E-state index contributed by atoms with van der Waals surface area (Å²) in [6, 6.07) is 4.72. The van der Waals surface area contributed by atoms with Gasteiger partial charge in [-0.15, -0.1) is 0 Å². The molecule has 1 aliphatic carbocycles. The Bertz CT molecular complexity index is 949. The average Bonchev–Trinajstić information content (AvgIpc) is 2.72. The SMILES string of the molecule is O=C(c1ccc2c(Cl)c3c(nc2c1)CCCC3)N1CCN(C(=O)O)C(CO)C1. The summed E-state index contributed by atoms with van der Waals surface area (Å²) >= 11 is 6.60. The van der Waals surface area contributed by atoms with Gasteiger partial charge in [0.05, 0.1) is 23.2 Å². The van der Waals surface area contributed by atoms with E-state index in [1.165, 1.54) is 4.90 Å². The lowest BCUT2D eigenvalue weighted by Crippen LogP contribution is -2.57. The number of aromatic nitrogens is 1. The molecule has 0 saturated carbocycles. The zero-order valence-corrected chi connectivity index (χ0v) is 16.2. The molecule has 1 aromatic heterocycles. The van der Waals surface area contributed by atoms with Gasteiger partial charge in [0.25, 0.3) is 5.91 Å². The molecule has 1 aliphatic heterocycles. The number of aliphatic hydroxyl groups excluding tert-OH is 1. The van der Waals surface area contributed by atoms with Crippen molar-refractivity contribution in [2.75, 3.05) is 26.2 Å². The molecule has 4 rings (SSSR count). The predicted octanol–water partition coefficient (Wildman–Crippen LogP) is 2.56. The van der Waals surface area contributed by atoms with E-state index in [0.29, 0.717) is 11.1 Å². The predicted molar refractivity (Wildman–Crippen MR) is 105 cm³/mol. The molecule has 2 heterocycles. The number of halogens is 1. The Morgan fingerprint density at radius 3 is 2.75 bits per heavy atom. The number of carboxylic acid groups (broad SMARTS) is 1. The van der Waals surface area contributed by atoms with Crippen LogP contribution in [0.15, 0.2) is 18.2 Å². The summed E-state index contributed by atoms with van der Waals surface area (Å²) in [4.78, 5) is 31.7. The van der Waals surface area contributed by atoms with Crippen LogP contribution in [-0.2, 0) is 12.8 Å². The third kappa shape index (κ3) is 3.29. The number of benzene rings is 1. The van der Waals surface area contributed by atoms with Gasteiger partial charge >= 0.3 is 6.09 Å². The maximum absolute atomic E-state index is 13.0. The van der Waals surface area contributed by atoms with Gasteiger partial charge in [0, 0.05) is 36.3 Å². The maximum Gasteiger partial charge on any atom is 0.407 e. The summed E-state index contributed by atoms with van der Waals surface area (Å²) in [7, 11) is 0. The molecule has 1 fully saturated rings. The van der Waals surface area contributed by atoms with Gasteiger partial charge in [0.2, 0.25) is 0 Å². The minimum absolute atomic E-state index is 0.165. The van der Waals surface area contributed by atoms with E-state index in [4.69, 9.17) is 16.6 Å². The molecule has 28 heavy (non-hydrogen) atoms. The number of carbonyl (C=O) groups is 2. The average molecular weight is 404 g/mol. The number of hydrogen-bond acceptors (Lipinski definition) is 4. The number of piperazine rings is 1. The number of aryl methyl sites for hydroxylation is 1. The molecular weight excluding hydrogens is 382 g/mol. The summed E-state index contributed by atoms with van der Waals surface area (Å²) < 4.78 is 0. The molecule has 2 amide bonds. The summed E-state index contributed by atoms with van der Waals surface area (Å²) in [6.45, 7) is 0.310. The molecule has 2 aliphatic rings. The van der Waals surface area contributed by atoms with Crippen molar-refractivity contribution in [2.45, 2.75) is 31.7 Å². The highest BCUT2D eigenvalue weighted by molar-refractivity contribution is 6.36. The lowest BCUT2D eigenvalue weighted by atomic mass is 9.94. The van der Waals surface area contributed by atoms with Crippen molar-refractivity contribution in [3.05, 3.63) is 40.0 Å². The summed E-state index contributed by atoms with van der Waals surface area (Å²) in [5.41, 5.74) is 3.34. The zero-order chi connectivity index (χ0) is 19.8. The van der Waals surface area contributed by atoms with E-state index in [1.54, 1.807) is 17.0 Å². The fourth-order valence-electron chi connectivity index (χ4n) is 4.13. The second-order valence-electron chi connectivity index (χ2n) is 7.35. The van der Waals surface area contributed by atoms with Crippen LogP contribution in [0.5, 0.6) is 0 Å². The first-order chi connectivity index (χ1) is 13.5. The molecule has 1 unspecified atom stereocenters. The van der Waals surface area contributed by atoms with Gasteiger partial charge in [-0.25, -0.2) is 4.79 Å². The second-order valence-corrected chi connectivity index (χ2v) is 7.73. The summed E-state index contributed by atoms with van der Waals surface area (Å²) in [5, 5.41) is 20.3. The van der Waals surface area contributed by atoms with Crippen molar-refractivity contribution in [3.8, 4) is 0 Å². The van der Waals surface area contributed by atoms with Gasteiger partial charge in [-0.1, -0.05) is 17.7 Å². The largest absolute Gasteiger partial charge is 0.465 e. The monoisotopic (exact) mass is 403 g/mol. The maximum atomic E-state index is 13.0. The number of hydrogen-bond donors (Lipinski definition) is 2. The van der Waals surface area contributed by atoms with Gasteiger partial charge < -0.3 is 15.1 Å². The minimum atomic E-state index is -1.08. The van der Waals surface area contributed by atoms with Crippen molar-refractivity contribution in [2.24, 2.45) is 0 Å². The number of fused-ring (bicyclic) bond motifs is 2. The molecule has 2 aromatic rings. The van der Waals surface area contributed by atoms with E-state index in [2.05, 4.69) is 0 Å². The molecule has 0 radical (unpaired) electrons. The van der Waals surface area contributed by atoms with E-state index in [1.807, 2.05) is 6.07 Å². The van der Waals surface area contributed by atoms with E-state index < -0.39 is 12.1 Å². The quantitative estimate of drug-likeness (QED) is 0.803. The number of aliphatic hydroxyl groups is 1. The fourth-order valence-corrected chi connectivity index (χ4v) is 4.49. The van der Waals surface area contributed by atoms with E-state index >= 15 is 0 Å². The molecule has 2 N–H and O–H groups in total. The molecule has 0 bridgehead atoms. The lowest BCUT2D eigenvalue weighted by molar-refractivity contribution is 0.0338. The highest BCUT2D eigenvalue weighted by atomic mass is 35.5. The Morgan fingerprint density at radius 1 is 1.21 bits per heavy atom. The zero-order valence-electron chi connectivity index (χ0n) is 15.4. The van der Waals surface area contributed by atoms with Crippen molar-refractivity contribution < 1.29 is 19.8 Å². The van der Waals surface area contributed by atoms with E-state index in [0.717, 1.165) is 47.3 Å². The standard InChI is InChI=1S/C20H22ClN3O4/c21-18-14-3-1-2-4-16(14)22-17-9-12(5-6-15(17)18)19(26)23-7-8-24(20(27)28)13(10-23)11-25/h5-6,9,13,25H,1-4,7-8,10-11H2,(H,27,28). The highest BCUT2D eigenvalue weighted by Gasteiger charge is 2.32. The van der Waals surface area contributed by atoms with Crippen molar-refractivity contribution in [3.63, 3.8) is 0 Å². The number of nitrogens with zero attached hydrogens (tertiary/aromatic N) is 3. The number of amides is 2. The molecule has 148 valence electrons. The lowest BCUT2D eigenvalue weighted by Gasteiger charge is -2.39. The Balaban J connectivity index is 1.62. The van der Waals surface area contributed by atoms with Crippen LogP contribution in [0.3, 0.4) is 0 Å². The normalized spacial score (nSPS) is 19.6. The van der Waals surface area contributed by atoms with Gasteiger partial charge in [0.15, 0.2) is 0 Å². The number of carbonyl (C=O) groups excluding carboxylic acids is 1. The van der Waals surface area contributed by atoms with Crippen LogP contribution in [-0.4, -0.2) is 69.3 Å². The Labute approximate surface area is 167 Å². The first kappa shape index (κ1) is 19.0. The smallest absolute Gasteiger partial charge is 0.407 e. The molecule has 1 atom stereocenters. The van der Waals surface area contributed by atoms with Crippen molar-refractivity contribution in [1.82, 2.24) is 14.8 Å². The van der Waals surface area contributed by atoms with Crippen molar-refractivity contribution in [1.29, 1.82) is 0 Å². The molecule has 7 nitrogen and oxygen atoms in total. The Hall–Kier alpha value is -2.38. The van der Waals surface area contributed by atoms with Crippen LogP contribution in [0.1, 0.15) is 34.5 Å². The first-order valence-corrected chi connectivity index (χ1v) is 9.88. The van der Waals surface area contributed by atoms with Gasteiger partial charge in [-0.3, -0.25) is 14.7 Å². The Kier molecular flexibility index (Phi) is 5.12. The Morgan fingerprint density at radius 2 is 2.00 bits per heavy atom. The number of pyridine rings is 1. The summed E-state index contributed by atoms with van der Waals surface area (Å²) in [5.74, 6) is -0.193. The van der Waals surface area contributed by atoms with Crippen LogP contribution in [0.4, 0.5) is 4.79 Å². The topological polar surface area (TPSA) is 94.0 Å². The van der Waals surface area contributed by atoms with Gasteiger partial charge in [-0.05, 0) is 43.4 Å². The van der Waals surface area contributed by atoms with E-state index in [-0.39, 0.29) is 32.1 Å². The molecule has 1 saturated heterocycles. The third-order valence-electron chi connectivity index (χ3n) is 5.67. The molecule has 1 aromatic carbocycles. The number of rotatable bonds is 2. The van der Waals surface area contributed by atoms with Gasteiger partial charge in [-0.2, -0.15) is 0 Å². The van der Waals surface area contributed by atoms with Crippen LogP contribution < -0.4 is 0 Å². The minimum Gasteiger partial charge on any atom is -0.465 e. The third-order valence-corrected chi connectivity index (χ3v) is 6.10. The second kappa shape index (κ2) is 7.56.